The lowest BCUT2D eigenvalue weighted by molar-refractivity contribution is -0.128. The van der Waals surface area contributed by atoms with Crippen molar-refractivity contribution in [1.82, 2.24) is 5.32 Å². The Hall–Kier alpha value is -0.910. The number of anilines is 1. The van der Waals surface area contributed by atoms with Crippen molar-refractivity contribution in [3.05, 3.63) is 28.2 Å². The van der Waals surface area contributed by atoms with Crippen LogP contribution in [0, 0.1) is 6.92 Å². The van der Waals surface area contributed by atoms with E-state index in [0.29, 0.717) is 13.2 Å². The highest BCUT2D eigenvalue weighted by Gasteiger charge is 2.21. The van der Waals surface area contributed by atoms with Crippen LogP contribution in [0.3, 0.4) is 0 Å². The minimum atomic E-state index is -0.396. The maximum atomic E-state index is 11.9. The van der Waals surface area contributed by atoms with E-state index in [1.54, 1.807) is 0 Å². The lowest BCUT2D eigenvalue weighted by atomic mass is 10.2. The lowest BCUT2D eigenvalue weighted by Gasteiger charge is -2.23. The number of ether oxygens (including phenoxy) is 1. The van der Waals surface area contributed by atoms with Gasteiger partial charge in [-0.25, -0.2) is 0 Å². The normalized spacial score (nSPS) is 20.0. The fraction of sp³-hybridized carbons (Fsp3) is 0.417. The maximum absolute atomic E-state index is 11.9. The average Bonchev–Trinajstić information content (AvgIpc) is 2.34. The molecule has 1 saturated heterocycles. The van der Waals surface area contributed by atoms with E-state index >= 15 is 0 Å². The number of rotatable bonds is 2. The molecule has 1 aliphatic rings. The molecule has 2 rings (SSSR count). The Balaban J connectivity index is 2.02. The monoisotopic (exact) mass is 298 g/mol. The van der Waals surface area contributed by atoms with E-state index in [9.17, 15) is 4.79 Å². The fourth-order valence-corrected chi connectivity index (χ4v) is 2.19. The molecule has 0 aliphatic carbocycles. The fourth-order valence-electron chi connectivity index (χ4n) is 1.71. The van der Waals surface area contributed by atoms with Crippen molar-refractivity contribution in [2.45, 2.75) is 13.0 Å². The Kier molecular flexibility index (Phi) is 4.15. The number of carbonyl (C=O) groups excluding carboxylic acids is 1. The molecular formula is C12H15BrN2O2. The number of benzene rings is 1. The molecule has 1 unspecified atom stereocenters. The van der Waals surface area contributed by atoms with Crippen LogP contribution in [0.5, 0.6) is 0 Å². The first-order valence-electron chi connectivity index (χ1n) is 5.56. The van der Waals surface area contributed by atoms with E-state index in [-0.39, 0.29) is 5.91 Å². The summed E-state index contributed by atoms with van der Waals surface area (Å²) in [5.74, 6) is -0.0948. The van der Waals surface area contributed by atoms with Gasteiger partial charge < -0.3 is 15.4 Å². The van der Waals surface area contributed by atoms with E-state index in [0.717, 1.165) is 22.3 Å². The Bertz CT molecular complexity index is 417. The molecule has 1 heterocycles. The molecule has 4 nitrogen and oxygen atoms in total. The van der Waals surface area contributed by atoms with Gasteiger partial charge in [0.25, 0.3) is 5.91 Å². The van der Waals surface area contributed by atoms with Crippen molar-refractivity contribution in [1.29, 1.82) is 0 Å². The number of morpholine rings is 1. The molecule has 0 spiro atoms. The SMILES string of the molecule is Cc1cc(Br)ccc1NC(=O)C1CNCCO1. The first kappa shape index (κ1) is 12.5. The zero-order chi connectivity index (χ0) is 12.3. The Labute approximate surface area is 109 Å². The molecule has 1 aromatic rings. The lowest BCUT2D eigenvalue weighted by Crippen LogP contribution is -2.45. The molecule has 0 saturated carbocycles. The topological polar surface area (TPSA) is 50.4 Å². The van der Waals surface area contributed by atoms with Crippen LogP contribution in [0.1, 0.15) is 5.56 Å². The van der Waals surface area contributed by atoms with Gasteiger partial charge in [0.15, 0.2) is 0 Å². The highest BCUT2D eigenvalue weighted by Crippen LogP contribution is 2.20. The highest BCUT2D eigenvalue weighted by molar-refractivity contribution is 9.10. The van der Waals surface area contributed by atoms with Crippen molar-refractivity contribution in [2.75, 3.05) is 25.0 Å². The van der Waals surface area contributed by atoms with Crippen molar-refractivity contribution < 1.29 is 9.53 Å². The van der Waals surface area contributed by atoms with Crippen LogP contribution < -0.4 is 10.6 Å². The summed E-state index contributed by atoms with van der Waals surface area (Å²) in [6.45, 7) is 3.92. The second-order valence-corrected chi connectivity index (χ2v) is 4.93. The number of carbonyl (C=O) groups is 1. The van der Waals surface area contributed by atoms with Gasteiger partial charge in [0.2, 0.25) is 0 Å². The zero-order valence-corrected chi connectivity index (χ0v) is 11.2. The van der Waals surface area contributed by atoms with Gasteiger partial charge in [-0.2, -0.15) is 0 Å². The van der Waals surface area contributed by atoms with Crippen molar-refractivity contribution in [3.8, 4) is 0 Å². The van der Waals surface area contributed by atoms with E-state index < -0.39 is 6.10 Å². The molecular weight excluding hydrogens is 284 g/mol. The number of hydrogen-bond donors (Lipinski definition) is 2. The van der Waals surface area contributed by atoms with Crippen LogP contribution in [0.15, 0.2) is 22.7 Å². The van der Waals surface area contributed by atoms with Crippen LogP contribution in [0.4, 0.5) is 5.69 Å². The highest BCUT2D eigenvalue weighted by atomic mass is 79.9. The van der Waals surface area contributed by atoms with Gasteiger partial charge >= 0.3 is 0 Å². The quantitative estimate of drug-likeness (QED) is 0.873. The van der Waals surface area contributed by atoms with Gasteiger partial charge in [0, 0.05) is 23.2 Å². The van der Waals surface area contributed by atoms with Crippen LogP contribution >= 0.6 is 15.9 Å². The van der Waals surface area contributed by atoms with E-state index in [2.05, 4.69) is 26.6 Å². The number of hydrogen-bond acceptors (Lipinski definition) is 3. The predicted molar refractivity (Wildman–Crippen MR) is 70.1 cm³/mol. The van der Waals surface area contributed by atoms with Crippen LogP contribution in [0.2, 0.25) is 0 Å². The maximum Gasteiger partial charge on any atom is 0.254 e. The van der Waals surface area contributed by atoms with Crippen molar-refractivity contribution >= 4 is 27.5 Å². The molecule has 0 aromatic heterocycles. The number of amides is 1. The second kappa shape index (κ2) is 5.62. The molecule has 1 fully saturated rings. The summed E-state index contributed by atoms with van der Waals surface area (Å²) >= 11 is 3.39. The van der Waals surface area contributed by atoms with Crippen LogP contribution in [-0.4, -0.2) is 31.7 Å². The van der Waals surface area contributed by atoms with Gasteiger partial charge in [-0.3, -0.25) is 4.79 Å². The molecule has 92 valence electrons. The van der Waals surface area contributed by atoms with Gasteiger partial charge in [-0.1, -0.05) is 15.9 Å². The molecule has 1 atom stereocenters. The third kappa shape index (κ3) is 3.28. The smallest absolute Gasteiger partial charge is 0.254 e. The van der Waals surface area contributed by atoms with Crippen LogP contribution in [0.25, 0.3) is 0 Å². The summed E-state index contributed by atoms with van der Waals surface area (Å²) < 4.78 is 6.40. The summed E-state index contributed by atoms with van der Waals surface area (Å²) in [5.41, 5.74) is 1.85. The molecule has 17 heavy (non-hydrogen) atoms. The molecule has 5 heteroatoms. The average molecular weight is 299 g/mol. The minimum absolute atomic E-state index is 0.0948. The first-order chi connectivity index (χ1) is 8.16. The number of aryl methyl sites for hydroxylation is 1. The van der Waals surface area contributed by atoms with Crippen molar-refractivity contribution in [3.63, 3.8) is 0 Å². The van der Waals surface area contributed by atoms with E-state index in [4.69, 9.17) is 4.74 Å². The molecule has 1 amide bonds. The molecule has 1 aromatic carbocycles. The Morgan fingerprint density at radius 1 is 1.59 bits per heavy atom. The Morgan fingerprint density at radius 3 is 3.06 bits per heavy atom. The largest absolute Gasteiger partial charge is 0.366 e. The third-order valence-electron chi connectivity index (χ3n) is 2.67. The van der Waals surface area contributed by atoms with E-state index in [1.165, 1.54) is 0 Å². The van der Waals surface area contributed by atoms with Gasteiger partial charge in [0.1, 0.15) is 6.10 Å². The second-order valence-electron chi connectivity index (χ2n) is 4.01. The standard InChI is InChI=1S/C12H15BrN2O2/c1-8-6-9(13)2-3-10(8)15-12(16)11-7-14-4-5-17-11/h2-3,6,11,14H,4-5,7H2,1H3,(H,15,16). The molecule has 0 bridgehead atoms. The molecule has 0 radical (unpaired) electrons. The summed E-state index contributed by atoms with van der Waals surface area (Å²) in [6.07, 6.45) is -0.396. The first-order valence-corrected chi connectivity index (χ1v) is 6.35. The summed E-state index contributed by atoms with van der Waals surface area (Å²) in [4.78, 5) is 11.9. The predicted octanol–water partition coefficient (Wildman–Crippen LogP) is 1.68. The van der Waals surface area contributed by atoms with E-state index in [1.807, 2.05) is 25.1 Å². The minimum Gasteiger partial charge on any atom is -0.366 e. The summed E-state index contributed by atoms with van der Waals surface area (Å²) in [5, 5.41) is 6.01. The third-order valence-corrected chi connectivity index (χ3v) is 3.16. The van der Waals surface area contributed by atoms with Crippen molar-refractivity contribution in [2.24, 2.45) is 0 Å². The molecule has 1 aliphatic heterocycles. The molecule has 2 N–H and O–H groups in total. The number of nitrogens with one attached hydrogen (secondary N) is 2. The van der Waals surface area contributed by atoms with Gasteiger partial charge in [-0.05, 0) is 30.7 Å². The number of halogens is 1. The van der Waals surface area contributed by atoms with Crippen LogP contribution in [-0.2, 0) is 9.53 Å². The summed E-state index contributed by atoms with van der Waals surface area (Å²) in [7, 11) is 0. The summed E-state index contributed by atoms with van der Waals surface area (Å²) in [6, 6.07) is 5.76. The zero-order valence-electron chi connectivity index (χ0n) is 9.63. The van der Waals surface area contributed by atoms with Gasteiger partial charge in [0.05, 0.1) is 6.61 Å². The van der Waals surface area contributed by atoms with Gasteiger partial charge in [-0.15, -0.1) is 0 Å². The Morgan fingerprint density at radius 2 is 2.41 bits per heavy atom.